The number of ether oxygens (including phenoxy) is 1. The molecule has 0 unspecified atom stereocenters. The number of hydrogen-bond acceptors (Lipinski definition) is 2. The van der Waals surface area contributed by atoms with E-state index in [1.807, 2.05) is 6.07 Å². The largest absolute Gasteiger partial charge is 0.489 e. The highest BCUT2D eigenvalue weighted by Gasteiger charge is 2.37. The van der Waals surface area contributed by atoms with Gasteiger partial charge in [0.15, 0.2) is 0 Å². The maximum atomic E-state index is 5.97. The number of nitrogens with zero attached hydrogens (tertiary/aromatic N) is 1. The van der Waals surface area contributed by atoms with Crippen molar-refractivity contribution in [2.24, 2.45) is 0 Å². The lowest BCUT2D eigenvalue weighted by Gasteiger charge is -2.22. The molecule has 1 aliphatic rings. The van der Waals surface area contributed by atoms with E-state index in [4.69, 9.17) is 4.74 Å². The highest BCUT2D eigenvalue weighted by molar-refractivity contribution is 5.70. The molecule has 0 bridgehead atoms. The predicted molar refractivity (Wildman–Crippen MR) is 92.5 cm³/mol. The van der Waals surface area contributed by atoms with Crippen molar-refractivity contribution in [1.29, 1.82) is 0 Å². The fourth-order valence-corrected chi connectivity index (χ4v) is 2.97. The van der Waals surface area contributed by atoms with Crippen LogP contribution in [-0.4, -0.2) is 7.05 Å². The molecule has 1 aliphatic heterocycles. The summed E-state index contributed by atoms with van der Waals surface area (Å²) in [6.07, 6.45) is 0. The highest BCUT2D eigenvalue weighted by atomic mass is 16.5. The molecule has 3 rings (SSSR count). The number of rotatable bonds is 3. The SMILES string of the molecule is C=C1N(C)c2ccc(OCc3ccc(C)cc3)cc2C1(C)C. The first-order valence-electron chi connectivity index (χ1n) is 7.65. The summed E-state index contributed by atoms with van der Waals surface area (Å²) in [5.41, 5.74) is 6.03. The Balaban J connectivity index is 1.81. The van der Waals surface area contributed by atoms with Gasteiger partial charge in [-0.25, -0.2) is 0 Å². The van der Waals surface area contributed by atoms with Crippen molar-refractivity contribution in [2.45, 2.75) is 32.8 Å². The first-order valence-corrected chi connectivity index (χ1v) is 7.65. The van der Waals surface area contributed by atoms with Crippen LogP contribution in [-0.2, 0) is 12.0 Å². The summed E-state index contributed by atoms with van der Waals surface area (Å²) in [5, 5.41) is 0. The molecule has 0 fully saturated rings. The molecule has 22 heavy (non-hydrogen) atoms. The van der Waals surface area contributed by atoms with Crippen molar-refractivity contribution in [3.63, 3.8) is 0 Å². The Morgan fingerprint density at radius 1 is 1.09 bits per heavy atom. The zero-order valence-corrected chi connectivity index (χ0v) is 13.8. The number of aryl methyl sites for hydroxylation is 1. The summed E-state index contributed by atoms with van der Waals surface area (Å²) >= 11 is 0. The first kappa shape index (κ1) is 14.7. The minimum absolute atomic E-state index is 0.0483. The standard InChI is InChI=1S/C20H23NO/c1-14-6-8-16(9-7-14)13-22-17-10-11-19-18(12-17)20(3,4)15(2)21(19)5/h6-12H,2,13H2,1,3-5H3. The normalized spacial score (nSPS) is 15.8. The van der Waals surface area contributed by atoms with Crippen molar-refractivity contribution in [3.05, 3.63) is 71.4 Å². The number of benzene rings is 2. The average Bonchev–Trinajstić information content (AvgIpc) is 2.68. The van der Waals surface area contributed by atoms with Gasteiger partial charge in [-0.1, -0.05) is 50.3 Å². The Bertz CT molecular complexity index is 713. The molecule has 0 N–H and O–H groups in total. The summed E-state index contributed by atoms with van der Waals surface area (Å²) in [4.78, 5) is 2.17. The molecule has 2 nitrogen and oxygen atoms in total. The van der Waals surface area contributed by atoms with E-state index in [2.05, 4.69) is 75.7 Å². The summed E-state index contributed by atoms with van der Waals surface area (Å²) in [7, 11) is 2.07. The van der Waals surface area contributed by atoms with E-state index in [0.29, 0.717) is 6.61 Å². The smallest absolute Gasteiger partial charge is 0.120 e. The number of hydrogen-bond donors (Lipinski definition) is 0. The number of fused-ring (bicyclic) bond motifs is 1. The highest BCUT2D eigenvalue weighted by Crippen LogP contribution is 2.47. The van der Waals surface area contributed by atoms with Crippen LogP contribution >= 0.6 is 0 Å². The van der Waals surface area contributed by atoms with Crippen LogP contribution in [0.25, 0.3) is 0 Å². The van der Waals surface area contributed by atoms with Crippen LogP contribution in [0.2, 0.25) is 0 Å². The third kappa shape index (κ3) is 2.39. The van der Waals surface area contributed by atoms with Gasteiger partial charge in [0.1, 0.15) is 12.4 Å². The van der Waals surface area contributed by atoms with Crippen molar-refractivity contribution in [2.75, 3.05) is 11.9 Å². The predicted octanol–water partition coefficient (Wildman–Crippen LogP) is 4.82. The van der Waals surface area contributed by atoms with Gasteiger partial charge in [0.2, 0.25) is 0 Å². The maximum Gasteiger partial charge on any atom is 0.120 e. The number of anilines is 1. The van der Waals surface area contributed by atoms with E-state index in [1.165, 1.54) is 22.4 Å². The fraction of sp³-hybridized carbons (Fsp3) is 0.300. The van der Waals surface area contributed by atoms with Crippen molar-refractivity contribution < 1.29 is 4.74 Å². The summed E-state index contributed by atoms with van der Waals surface area (Å²) in [6, 6.07) is 14.8. The Hall–Kier alpha value is -2.22. The molecule has 2 heteroatoms. The lowest BCUT2D eigenvalue weighted by Crippen LogP contribution is -2.21. The molecule has 2 aromatic carbocycles. The van der Waals surface area contributed by atoms with E-state index >= 15 is 0 Å². The van der Waals surface area contributed by atoms with Gasteiger partial charge in [-0.2, -0.15) is 0 Å². The monoisotopic (exact) mass is 293 g/mol. The summed E-state index contributed by atoms with van der Waals surface area (Å²) in [6.45, 7) is 11.3. The molecule has 0 aromatic heterocycles. The second-order valence-electron chi connectivity index (χ2n) is 6.58. The number of allylic oxidation sites excluding steroid dienone is 1. The minimum atomic E-state index is -0.0483. The molecule has 114 valence electrons. The molecule has 0 radical (unpaired) electrons. The molecular weight excluding hydrogens is 270 g/mol. The number of likely N-dealkylation sites (N-methyl/N-ethyl adjacent to an activating group) is 1. The van der Waals surface area contributed by atoms with Crippen LogP contribution in [0.5, 0.6) is 5.75 Å². The third-order valence-electron chi connectivity index (χ3n) is 4.66. The lowest BCUT2D eigenvalue weighted by molar-refractivity contribution is 0.305. The van der Waals surface area contributed by atoms with Crippen LogP contribution in [0, 0.1) is 6.92 Å². The van der Waals surface area contributed by atoms with E-state index in [9.17, 15) is 0 Å². The molecule has 0 amide bonds. The molecule has 0 saturated carbocycles. The Morgan fingerprint density at radius 2 is 1.77 bits per heavy atom. The lowest BCUT2D eigenvalue weighted by atomic mass is 9.84. The fourth-order valence-electron chi connectivity index (χ4n) is 2.97. The molecule has 2 aromatic rings. The van der Waals surface area contributed by atoms with Gasteiger partial charge in [0.05, 0.1) is 0 Å². The second kappa shape index (κ2) is 5.20. The summed E-state index contributed by atoms with van der Waals surface area (Å²) in [5.74, 6) is 0.912. The van der Waals surface area contributed by atoms with Gasteiger partial charge < -0.3 is 9.64 Å². The van der Waals surface area contributed by atoms with Gasteiger partial charge in [0, 0.05) is 23.8 Å². The van der Waals surface area contributed by atoms with E-state index < -0.39 is 0 Å². The Labute approximate surface area is 133 Å². The first-order chi connectivity index (χ1) is 10.4. The van der Waals surface area contributed by atoms with Crippen molar-refractivity contribution >= 4 is 5.69 Å². The van der Waals surface area contributed by atoms with E-state index in [-0.39, 0.29) is 5.41 Å². The van der Waals surface area contributed by atoms with Crippen molar-refractivity contribution in [3.8, 4) is 5.75 Å². The van der Waals surface area contributed by atoms with Gasteiger partial charge in [-0.3, -0.25) is 0 Å². The molecule has 1 heterocycles. The Morgan fingerprint density at radius 3 is 2.45 bits per heavy atom. The zero-order valence-electron chi connectivity index (χ0n) is 13.8. The van der Waals surface area contributed by atoms with Crippen LogP contribution in [0.4, 0.5) is 5.69 Å². The van der Waals surface area contributed by atoms with Crippen LogP contribution in [0.3, 0.4) is 0 Å². The molecule has 0 atom stereocenters. The average molecular weight is 293 g/mol. The van der Waals surface area contributed by atoms with E-state index in [0.717, 1.165) is 11.4 Å². The van der Waals surface area contributed by atoms with Gasteiger partial charge in [-0.05, 0) is 36.2 Å². The van der Waals surface area contributed by atoms with Gasteiger partial charge in [-0.15, -0.1) is 0 Å². The second-order valence-corrected chi connectivity index (χ2v) is 6.58. The molecule has 0 spiro atoms. The van der Waals surface area contributed by atoms with Crippen LogP contribution in [0.1, 0.15) is 30.5 Å². The van der Waals surface area contributed by atoms with Crippen LogP contribution in [0.15, 0.2) is 54.7 Å². The van der Waals surface area contributed by atoms with Crippen LogP contribution < -0.4 is 9.64 Å². The maximum absolute atomic E-state index is 5.97. The van der Waals surface area contributed by atoms with Gasteiger partial charge >= 0.3 is 0 Å². The third-order valence-corrected chi connectivity index (χ3v) is 4.66. The Kier molecular flexibility index (Phi) is 3.48. The van der Waals surface area contributed by atoms with Crippen molar-refractivity contribution in [1.82, 2.24) is 0 Å². The summed E-state index contributed by atoms with van der Waals surface area (Å²) < 4.78 is 5.97. The quantitative estimate of drug-likeness (QED) is 0.805. The van der Waals surface area contributed by atoms with E-state index in [1.54, 1.807) is 0 Å². The minimum Gasteiger partial charge on any atom is -0.489 e. The van der Waals surface area contributed by atoms with Gasteiger partial charge in [0.25, 0.3) is 0 Å². The molecule has 0 aliphatic carbocycles. The zero-order chi connectivity index (χ0) is 15.9. The molecule has 0 saturated heterocycles. The topological polar surface area (TPSA) is 12.5 Å². The molecular formula is C20H23NO.